The molecule has 0 atom stereocenters. The summed E-state index contributed by atoms with van der Waals surface area (Å²) in [6, 6.07) is 0. The molecule has 0 saturated carbocycles. The summed E-state index contributed by atoms with van der Waals surface area (Å²) < 4.78 is 37.8. The lowest BCUT2D eigenvalue weighted by atomic mass is 10.0. The zero-order chi connectivity index (χ0) is 13.9. The van der Waals surface area contributed by atoms with Gasteiger partial charge in [-0.15, -0.1) is 0 Å². The second-order valence-electron chi connectivity index (χ2n) is 4.20. The van der Waals surface area contributed by atoms with E-state index in [1.165, 1.54) is 17.3 Å². The number of hydrogen-bond donors (Lipinski definition) is 0. The molecule has 0 radical (unpaired) electrons. The molecule has 1 aliphatic heterocycles. The van der Waals surface area contributed by atoms with E-state index in [1.807, 2.05) is 19.3 Å². The fourth-order valence-corrected chi connectivity index (χ4v) is 2.55. The predicted molar refractivity (Wildman–Crippen MR) is 72.1 cm³/mol. The topological polar surface area (TPSA) is 0 Å². The highest BCUT2D eigenvalue weighted by Crippen LogP contribution is 2.38. The third-order valence-corrected chi connectivity index (χ3v) is 3.84. The lowest BCUT2D eigenvalue weighted by Crippen LogP contribution is -2.10. The quantitative estimate of drug-likeness (QED) is 0.608. The minimum Gasteiger partial charge on any atom is -0.166 e. The zero-order valence-corrected chi connectivity index (χ0v) is 11.2. The Bertz CT molecular complexity index is 462. The van der Waals surface area contributed by atoms with Crippen LogP contribution >= 0.6 is 11.8 Å². The summed E-state index contributed by atoms with van der Waals surface area (Å²) in [5.74, 6) is 0. The number of thioether (sulfide) groups is 1. The van der Waals surface area contributed by atoms with Gasteiger partial charge in [0.2, 0.25) is 0 Å². The molecule has 0 unspecified atom stereocenters. The Morgan fingerprint density at radius 1 is 1.39 bits per heavy atom. The smallest absolute Gasteiger partial charge is 0.166 e. The Morgan fingerprint density at radius 2 is 2.00 bits per heavy atom. The van der Waals surface area contributed by atoms with Crippen molar-refractivity contribution in [3.8, 4) is 0 Å². The van der Waals surface area contributed by atoms with Gasteiger partial charge in [0.25, 0.3) is 0 Å². The van der Waals surface area contributed by atoms with Gasteiger partial charge in [0, 0.05) is 4.91 Å². The maximum atomic E-state index is 12.6. The minimum absolute atomic E-state index is 0.383. The molecule has 0 aromatic heterocycles. The standard InChI is InChI=1S/C14H15F3S/c1-5-12(14(15,16)17)7-11(4)13-10(3)6-9(2)8-18-13/h5,7-8H,1,4,6H2,2-3H3. The van der Waals surface area contributed by atoms with Crippen LogP contribution < -0.4 is 0 Å². The first kappa shape index (κ1) is 14.9. The van der Waals surface area contributed by atoms with Crippen LogP contribution in [-0.4, -0.2) is 6.18 Å². The molecule has 1 heterocycles. The molecule has 0 amide bonds. The largest absolute Gasteiger partial charge is 0.416 e. The van der Waals surface area contributed by atoms with Crippen LogP contribution in [0.2, 0.25) is 0 Å². The Balaban J connectivity index is 3.00. The van der Waals surface area contributed by atoms with Gasteiger partial charge in [0.05, 0.1) is 5.57 Å². The van der Waals surface area contributed by atoms with Crippen molar-refractivity contribution in [3.63, 3.8) is 0 Å². The number of hydrogen-bond acceptors (Lipinski definition) is 1. The summed E-state index contributed by atoms with van der Waals surface area (Å²) in [7, 11) is 0. The Labute approximate surface area is 110 Å². The van der Waals surface area contributed by atoms with Gasteiger partial charge in [-0.25, -0.2) is 0 Å². The first-order chi connectivity index (χ1) is 8.25. The van der Waals surface area contributed by atoms with Crippen LogP contribution in [0.15, 0.2) is 57.9 Å². The molecule has 0 aromatic rings. The molecule has 0 N–H and O–H groups in total. The van der Waals surface area contributed by atoms with Gasteiger partial charge >= 0.3 is 6.18 Å². The fourth-order valence-electron chi connectivity index (χ4n) is 1.66. The van der Waals surface area contributed by atoms with Crippen molar-refractivity contribution < 1.29 is 13.2 Å². The Kier molecular flexibility index (Phi) is 4.68. The fraction of sp³-hybridized carbons (Fsp3) is 0.286. The van der Waals surface area contributed by atoms with Gasteiger partial charge in [-0.1, -0.05) is 42.1 Å². The van der Waals surface area contributed by atoms with Gasteiger partial charge < -0.3 is 0 Å². The zero-order valence-electron chi connectivity index (χ0n) is 10.4. The average molecular weight is 272 g/mol. The van der Waals surface area contributed by atoms with Crippen molar-refractivity contribution in [1.82, 2.24) is 0 Å². The van der Waals surface area contributed by atoms with Crippen molar-refractivity contribution >= 4 is 11.8 Å². The molecule has 0 nitrogen and oxygen atoms in total. The van der Waals surface area contributed by atoms with Crippen molar-refractivity contribution in [1.29, 1.82) is 0 Å². The van der Waals surface area contributed by atoms with Crippen LogP contribution in [0.1, 0.15) is 20.3 Å². The first-order valence-corrected chi connectivity index (χ1v) is 6.26. The number of halogens is 3. The van der Waals surface area contributed by atoms with Gasteiger partial charge in [-0.05, 0) is 37.3 Å². The molecule has 0 aromatic carbocycles. The lowest BCUT2D eigenvalue weighted by molar-refractivity contribution is -0.0881. The molecule has 98 valence electrons. The molecule has 0 bridgehead atoms. The van der Waals surface area contributed by atoms with E-state index >= 15 is 0 Å². The summed E-state index contributed by atoms with van der Waals surface area (Å²) in [5.41, 5.74) is 1.87. The average Bonchev–Trinajstić information content (AvgIpc) is 2.23. The normalized spacial score (nSPS) is 17.6. The number of rotatable bonds is 3. The van der Waals surface area contributed by atoms with Crippen LogP contribution in [0.3, 0.4) is 0 Å². The SMILES string of the molecule is C=CC(=CC(=C)C1=C(C)CC(C)=CS1)C(F)(F)F. The van der Waals surface area contributed by atoms with E-state index in [9.17, 15) is 13.2 Å². The Hall–Kier alpha value is -1.16. The van der Waals surface area contributed by atoms with Crippen molar-refractivity contribution in [2.24, 2.45) is 0 Å². The highest BCUT2D eigenvalue weighted by atomic mass is 32.2. The summed E-state index contributed by atoms with van der Waals surface area (Å²) in [4.78, 5) is 0.809. The molecular formula is C14H15F3S. The highest BCUT2D eigenvalue weighted by Gasteiger charge is 2.31. The molecule has 0 saturated heterocycles. The lowest BCUT2D eigenvalue weighted by Gasteiger charge is -2.17. The first-order valence-electron chi connectivity index (χ1n) is 5.38. The molecule has 4 heteroatoms. The summed E-state index contributed by atoms with van der Waals surface area (Å²) in [6.07, 6.45) is -1.74. The minimum atomic E-state index is -4.38. The van der Waals surface area contributed by atoms with Crippen molar-refractivity contribution in [2.75, 3.05) is 0 Å². The van der Waals surface area contributed by atoms with Crippen LogP contribution in [-0.2, 0) is 0 Å². The van der Waals surface area contributed by atoms with Crippen LogP contribution in [0.5, 0.6) is 0 Å². The molecule has 1 rings (SSSR count). The predicted octanol–water partition coefficient (Wildman–Crippen LogP) is 5.53. The van der Waals surface area contributed by atoms with Gasteiger partial charge in [-0.2, -0.15) is 13.2 Å². The second-order valence-corrected chi connectivity index (χ2v) is 5.07. The van der Waals surface area contributed by atoms with E-state index in [2.05, 4.69) is 13.2 Å². The molecule has 0 fully saturated rings. The summed E-state index contributed by atoms with van der Waals surface area (Å²) in [5, 5.41) is 1.95. The summed E-state index contributed by atoms with van der Waals surface area (Å²) >= 11 is 1.42. The van der Waals surface area contributed by atoms with Crippen molar-refractivity contribution in [2.45, 2.75) is 26.4 Å². The van der Waals surface area contributed by atoms with Crippen molar-refractivity contribution in [3.05, 3.63) is 57.9 Å². The van der Waals surface area contributed by atoms with E-state index in [0.29, 0.717) is 5.57 Å². The Morgan fingerprint density at radius 3 is 2.44 bits per heavy atom. The van der Waals surface area contributed by atoms with Gasteiger partial charge in [0.1, 0.15) is 0 Å². The maximum Gasteiger partial charge on any atom is 0.416 e. The van der Waals surface area contributed by atoms with E-state index < -0.39 is 11.7 Å². The van der Waals surface area contributed by atoms with E-state index in [0.717, 1.165) is 29.1 Å². The third kappa shape index (κ3) is 3.67. The molecule has 0 spiro atoms. The molecule has 18 heavy (non-hydrogen) atoms. The highest BCUT2D eigenvalue weighted by molar-refractivity contribution is 8.06. The van der Waals surface area contributed by atoms with Crippen LogP contribution in [0.4, 0.5) is 13.2 Å². The number of allylic oxidation sites excluding steroid dienone is 6. The maximum absolute atomic E-state index is 12.6. The van der Waals surface area contributed by atoms with Crippen LogP contribution in [0.25, 0.3) is 0 Å². The number of alkyl halides is 3. The molecular weight excluding hydrogens is 257 g/mol. The third-order valence-electron chi connectivity index (χ3n) is 2.48. The monoisotopic (exact) mass is 272 g/mol. The van der Waals surface area contributed by atoms with E-state index in [4.69, 9.17) is 0 Å². The van der Waals surface area contributed by atoms with E-state index in [-0.39, 0.29) is 0 Å². The molecule has 0 aliphatic carbocycles. The molecule has 1 aliphatic rings. The second kappa shape index (κ2) is 5.65. The van der Waals surface area contributed by atoms with Gasteiger partial charge in [0.15, 0.2) is 0 Å². The van der Waals surface area contributed by atoms with E-state index in [1.54, 1.807) is 0 Å². The van der Waals surface area contributed by atoms with Crippen LogP contribution in [0, 0.1) is 0 Å². The summed E-state index contributed by atoms with van der Waals surface area (Å²) in [6.45, 7) is 10.8. The van der Waals surface area contributed by atoms with Gasteiger partial charge in [-0.3, -0.25) is 0 Å².